The molecule has 3 fully saturated rings. The second kappa shape index (κ2) is 3.08. The van der Waals surface area contributed by atoms with Gasteiger partial charge in [-0.15, -0.1) is 5.10 Å². The summed E-state index contributed by atoms with van der Waals surface area (Å²) in [4.78, 5) is 10.6. The van der Waals surface area contributed by atoms with Gasteiger partial charge in [-0.05, 0) is 48.9 Å². The third kappa shape index (κ3) is 1.22. The predicted molar refractivity (Wildman–Crippen MR) is 62.6 cm³/mol. The van der Waals surface area contributed by atoms with Gasteiger partial charge in [0.15, 0.2) is 0 Å². The average molecular weight is 248 g/mol. The van der Waals surface area contributed by atoms with E-state index in [1.54, 1.807) is 6.07 Å². The van der Waals surface area contributed by atoms with Gasteiger partial charge in [0.05, 0.1) is 6.61 Å². The summed E-state index contributed by atoms with van der Waals surface area (Å²) in [6.45, 7) is 0.658. The van der Waals surface area contributed by atoms with Gasteiger partial charge in [-0.2, -0.15) is 4.68 Å². The number of ether oxygens (including phenoxy) is 1. The van der Waals surface area contributed by atoms with E-state index in [4.69, 9.17) is 9.84 Å². The fourth-order valence-corrected chi connectivity index (χ4v) is 4.13. The molecule has 18 heavy (non-hydrogen) atoms. The molecule has 0 aromatic carbocycles. The highest BCUT2D eigenvalue weighted by atomic mass is 16.5. The molecule has 0 unspecified atom stereocenters. The Kier molecular flexibility index (Phi) is 1.78. The molecule has 0 aliphatic heterocycles. The zero-order valence-corrected chi connectivity index (χ0v) is 10.1. The Morgan fingerprint density at radius 1 is 1.44 bits per heavy atom. The predicted octanol–water partition coefficient (Wildman–Crippen LogP) is 2.37. The highest BCUT2D eigenvalue weighted by Gasteiger charge is 2.85. The van der Waals surface area contributed by atoms with Crippen molar-refractivity contribution in [3.8, 4) is 5.88 Å². The standard InChI is InChI=1S/C13H16N2O3/c16-11(17)15-7-1-10(14-15)18-8-2-9-12(3-4-12)13(9)5-6-13/h1,7,9H,2-6,8H2,(H,16,17). The number of carboxylic acid groups (broad SMARTS) is 1. The first-order valence-corrected chi connectivity index (χ1v) is 6.60. The van der Waals surface area contributed by atoms with Crippen LogP contribution in [0.1, 0.15) is 32.1 Å². The summed E-state index contributed by atoms with van der Waals surface area (Å²) in [6.07, 6.45) is 7.10. The zero-order valence-electron chi connectivity index (χ0n) is 10.1. The van der Waals surface area contributed by atoms with E-state index in [1.807, 2.05) is 0 Å². The van der Waals surface area contributed by atoms with Crippen LogP contribution >= 0.6 is 0 Å². The van der Waals surface area contributed by atoms with E-state index in [0.29, 0.717) is 12.5 Å². The minimum atomic E-state index is -1.08. The van der Waals surface area contributed by atoms with Crippen LogP contribution in [0, 0.1) is 16.7 Å². The van der Waals surface area contributed by atoms with E-state index in [2.05, 4.69) is 5.10 Å². The van der Waals surface area contributed by atoms with Gasteiger partial charge in [0.25, 0.3) is 0 Å². The van der Waals surface area contributed by atoms with Crippen LogP contribution in [0.25, 0.3) is 0 Å². The smallest absolute Gasteiger partial charge is 0.432 e. The number of nitrogens with zero attached hydrogens (tertiary/aromatic N) is 2. The highest BCUT2D eigenvalue weighted by Crippen LogP contribution is 2.93. The number of aromatic nitrogens is 2. The molecule has 0 radical (unpaired) electrons. The molecule has 3 aliphatic carbocycles. The number of fused-ring (bicyclic) bond motifs is 1. The quantitative estimate of drug-likeness (QED) is 0.888. The Hall–Kier alpha value is -1.52. The molecule has 1 N–H and O–H groups in total. The van der Waals surface area contributed by atoms with Crippen molar-refractivity contribution in [2.75, 3.05) is 6.61 Å². The number of hydrogen-bond acceptors (Lipinski definition) is 3. The molecule has 1 aromatic heterocycles. The summed E-state index contributed by atoms with van der Waals surface area (Å²) in [7, 11) is 0. The molecule has 0 saturated heterocycles. The number of rotatable bonds is 4. The molecule has 96 valence electrons. The van der Waals surface area contributed by atoms with Gasteiger partial charge in [0, 0.05) is 12.3 Å². The molecule has 5 nitrogen and oxygen atoms in total. The average Bonchev–Trinajstić information content (AvgIpc) is 3.27. The van der Waals surface area contributed by atoms with Crippen molar-refractivity contribution in [3.05, 3.63) is 12.3 Å². The van der Waals surface area contributed by atoms with Crippen LogP contribution in [0.5, 0.6) is 5.88 Å². The van der Waals surface area contributed by atoms with Crippen molar-refractivity contribution in [1.82, 2.24) is 9.78 Å². The van der Waals surface area contributed by atoms with Crippen molar-refractivity contribution < 1.29 is 14.6 Å². The Balaban J connectivity index is 1.30. The Bertz CT molecular complexity index is 496. The van der Waals surface area contributed by atoms with Gasteiger partial charge in [-0.1, -0.05) is 0 Å². The van der Waals surface area contributed by atoms with E-state index < -0.39 is 6.09 Å². The lowest BCUT2D eigenvalue weighted by atomic mass is 10.2. The van der Waals surface area contributed by atoms with Gasteiger partial charge in [0.1, 0.15) is 0 Å². The second-order valence-electron chi connectivity index (χ2n) is 5.88. The third-order valence-corrected chi connectivity index (χ3v) is 5.24. The first-order valence-electron chi connectivity index (χ1n) is 6.60. The van der Waals surface area contributed by atoms with E-state index >= 15 is 0 Å². The molecule has 0 atom stereocenters. The van der Waals surface area contributed by atoms with Crippen LogP contribution in [0.15, 0.2) is 12.3 Å². The molecular weight excluding hydrogens is 232 g/mol. The lowest BCUT2D eigenvalue weighted by Crippen LogP contribution is -2.08. The fraction of sp³-hybridized carbons (Fsp3) is 0.692. The van der Waals surface area contributed by atoms with Crippen molar-refractivity contribution in [1.29, 1.82) is 0 Å². The molecule has 3 saturated carbocycles. The van der Waals surface area contributed by atoms with Gasteiger partial charge < -0.3 is 9.84 Å². The summed E-state index contributed by atoms with van der Waals surface area (Å²) in [6, 6.07) is 1.60. The minimum absolute atomic E-state index is 0.410. The maximum absolute atomic E-state index is 10.6. The van der Waals surface area contributed by atoms with Crippen molar-refractivity contribution in [3.63, 3.8) is 0 Å². The SMILES string of the molecule is O=C(O)n1ccc(OCCC2C3(CC3)C23CC3)n1. The zero-order chi connectivity index (χ0) is 12.4. The monoisotopic (exact) mass is 248 g/mol. The van der Waals surface area contributed by atoms with Crippen molar-refractivity contribution in [2.24, 2.45) is 16.7 Å². The lowest BCUT2D eigenvalue weighted by molar-refractivity contribution is 0.191. The first-order chi connectivity index (χ1) is 8.68. The highest BCUT2D eigenvalue weighted by molar-refractivity contribution is 5.66. The Labute approximate surface area is 105 Å². The molecule has 1 heterocycles. The Morgan fingerprint density at radius 2 is 2.11 bits per heavy atom. The molecule has 2 spiro atoms. The Morgan fingerprint density at radius 3 is 2.61 bits per heavy atom. The van der Waals surface area contributed by atoms with Crippen LogP contribution in [0.3, 0.4) is 0 Å². The third-order valence-electron chi connectivity index (χ3n) is 5.24. The van der Waals surface area contributed by atoms with Crippen LogP contribution in [0.2, 0.25) is 0 Å². The largest absolute Gasteiger partial charge is 0.477 e. The summed E-state index contributed by atoms with van der Waals surface area (Å²) in [5.74, 6) is 1.28. The molecule has 5 heteroatoms. The normalized spacial score (nSPS) is 25.3. The van der Waals surface area contributed by atoms with E-state index in [0.717, 1.165) is 27.9 Å². The van der Waals surface area contributed by atoms with Gasteiger partial charge >= 0.3 is 6.09 Å². The molecule has 1 aromatic rings. The topological polar surface area (TPSA) is 64.3 Å². The first kappa shape index (κ1) is 10.4. The van der Waals surface area contributed by atoms with Crippen molar-refractivity contribution >= 4 is 6.09 Å². The minimum Gasteiger partial charge on any atom is -0.477 e. The summed E-state index contributed by atoms with van der Waals surface area (Å²) < 4.78 is 6.41. The number of carbonyl (C=O) groups is 1. The second-order valence-corrected chi connectivity index (χ2v) is 5.88. The summed E-state index contributed by atoms with van der Waals surface area (Å²) in [5, 5.41) is 12.5. The van der Waals surface area contributed by atoms with Gasteiger partial charge in [0.2, 0.25) is 5.88 Å². The van der Waals surface area contributed by atoms with E-state index in [9.17, 15) is 4.79 Å². The number of hydrogen-bond donors (Lipinski definition) is 1. The fourth-order valence-electron chi connectivity index (χ4n) is 4.13. The maximum Gasteiger partial charge on any atom is 0.432 e. The van der Waals surface area contributed by atoms with Crippen LogP contribution < -0.4 is 4.74 Å². The maximum atomic E-state index is 10.6. The van der Waals surface area contributed by atoms with E-state index in [-0.39, 0.29) is 0 Å². The van der Waals surface area contributed by atoms with Crippen molar-refractivity contribution in [2.45, 2.75) is 32.1 Å². The summed E-state index contributed by atoms with van der Waals surface area (Å²) >= 11 is 0. The van der Waals surface area contributed by atoms with Crippen LogP contribution in [-0.4, -0.2) is 27.6 Å². The molecule has 4 rings (SSSR count). The van der Waals surface area contributed by atoms with Crippen LogP contribution in [0.4, 0.5) is 4.79 Å². The molecule has 3 aliphatic rings. The summed E-state index contributed by atoms with van der Waals surface area (Å²) in [5.41, 5.74) is 1.44. The lowest BCUT2D eigenvalue weighted by Gasteiger charge is -2.01. The molecular formula is C13H16N2O3. The molecule has 0 bridgehead atoms. The van der Waals surface area contributed by atoms with E-state index in [1.165, 1.54) is 31.9 Å². The van der Waals surface area contributed by atoms with Crippen LogP contribution in [-0.2, 0) is 0 Å². The molecule has 0 amide bonds. The van der Waals surface area contributed by atoms with Gasteiger partial charge in [-0.25, -0.2) is 4.79 Å². The van der Waals surface area contributed by atoms with Gasteiger partial charge in [-0.3, -0.25) is 0 Å².